The summed E-state index contributed by atoms with van der Waals surface area (Å²) in [7, 11) is 2.91. The maximum Gasteiger partial charge on any atom is 0.234 e. The first-order valence-corrected chi connectivity index (χ1v) is 5.46. The van der Waals surface area contributed by atoms with Crippen LogP contribution < -0.4 is 20.5 Å². The largest absolute Gasteiger partial charge is 0.502 e. The number of hydrogen-bond acceptors (Lipinski definition) is 5. The first kappa shape index (κ1) is 14.1. The predicted molar refractivity (Wildman–Crippen MR) is 66.7 cm³/mol. The molecule has 0 heterocycles. The van der Waals surface area contributed by atoms with Crippen molar-refractivity contribution < 1.29 is 19.4 Å². The second-order valence-corrected chi connectivity index (χ2v) is 3.85. The summed E-state index contributed by atoms with van der Waals surface area (Å²) in [4.78, 5) is 10.9. The van der Waals surface area contributed by atoms with Crippen molar-refractivity contribution in [2.75, 3.05) is 14.2 Å². The van der Waals surface area contributed by atoms with E-state index in [1.165, 1.54) is 14.2 Å². The lowest BCUT2D eigenvalue weighted by molar-refractivity contribution is -0.119. The Bertz CT molecular complexity index is 409. The van der Waals surface area contributed by atoms with Gasteiger partial charge in [0.15, 0.2) is 11.5 Å². The zero-order valence-electron chi connectivity index (χ0n) is 10.7. The number of primary amides is 1. The van der Waals surface area contributed by atoms with Gasteiger partial charge >= 0.3 is 0 Å². The fourth-order valence-corrected chi connectivity index (χ4v) is 1.42. The molecule has 100 valence electrons. The van der Waals surface area contributed by atoms with Gasteiger partial charge in [-0.05, 0) is 24.6 Å². The maximum absolute atomic E-state index is 10.9. The molecular formula is C12H18N2O4. The standard InChI is InChI=1S/C12H18N2O4/c1-7(12(13)16)14-6-8-4-9(17-2)11(15)10(5-8)18-3/h4-5,7,14-15H,6H2,1-3H3,(H2,13,16). The number of rotatable bonds is 6. The number of hydrogen-bond donors (Lipinski definition) is 3. The highest BCUT2D eigenvalue weighted by atomic mass is 16.5. The molecule has 0 aliphatic rings. The molecule has 0 fully saturated rings. The molecule has 6 nitrogen and oxygen atoms in total. The van der Waals surface area contributed by atoms with Crippen molar-refractivity contribution in [3.63, 3.8) is 0 Å². The molecular weight excluding hydrogens is 236 g/mol. The highest BCUT2D eigenvalue weighted by molar-refractivity contribution is 5.79. The summed E-state index contributed by atoms with van der Waals surface area (Å²) in [5, 5.41) is 12.7. The second kappa shape index (κ2) is 6.11. The van der Waals surface area contributed by atoms with Gasteiger partial charge in [0.05, 0.1) is 20.3 Å². The van der Waals surface area contributed by atoms with Crippen molar-refractivity contribution in [3.05, 3.63) is 17.7 Å². The van der Waals surface area contributed by atoms with Gasteiger partial charge in [-0.15, -0.1) is 0 Å². The number of ether oxygens (including phenoxy) is 2. The molecule has 0 aliphatic heterocycles. The fraction of sp³-hybridized carbons (Fsp3) is 0.417. The summed E-state index contributed by atoms with van der Waals surface area (Å²) in [5.74, 6) is 0.162. The summed E-state index contributed by atoms with van der Waals surface area (Å²) >= 11 is 0. The van der Waals surface area contributed by atoms with Crippen molar-refractivity contribution in [3.8, 4) is 17.2 Å². The van der Waals surface area contributed by atoms with Crippen LogP contribution in [0.1, 0.15) is 12.5 Å². The van der Waals surface area contributed by atoms with Crippen molar-refractivity contribution in [1.82, 2.24) is 5.32 Å². The molecule has 1 rings (SSSR count). The van der Waals surface area contributed by atoms with E-state index < -0.39 is 11.9 Å². The van der Waals surface area contributed by atoms with Crippen molar-refractivity contribution in [2.45, 2.75) is 19.5 Å². The summed E-state index contributed by atoms with van der Waals surface area (Å²) in [6, 6.07) is 2.90. The van der Waals surface area contributed by atoms with Gasteiger partial charge in [-0.3, -0.25) is 4.79 Å². The molecule has 0 saturated heterocycles. The number of carbonyl (C=O) groups is 1. The van der Waals surface area contributed by atoms with Crippen LogP contribution in [0.3, 0.4) is 0 Å². The quantitative estimate of drug-likeness (QED) is 0.682. The molecule has 1 amide bonds. The highest BCUT2D eigenvalue weighted by Gasteiger charge is 2.12. The average Bonchev–Trinajstić information content (AvgIpc) is 2.36. The molecule has 1 unspecified atom stereocenters. The lowest BCUT2D eigenvalue weighted by Crippen LogP contribution is -2.38. The Morgan fingerprint density at radius 1 is 1.39 bits per heavy atom. The van der Waals surface area contributed by atoms with Crippen LogP contribution in [-0.4, -0.2) is 31.3 Å². The van der Waals surface area contributed by atoms with Crippen molar-refractivity contribution >= 4 is 5.91 Å². The van der Waals surface area contributed by atoms with Gasteiger partial charge in [-0.1, -0.05) is 0 Å². The lowest BCUT2D eigenvalue weighted by Gasteiger charge is -2.13. The van der Waals surface area contributed by atoms with Gasteiger partial charge in [0.2, 0.25) is 11.7 Å². The fourth-order valence-electron chi connectivity index (χ4n) is 1.42. The van der Waals surface area contributed by atoms with E-state index in [9.17, 15) is 9.90 Å². The Morgan fingerprint density at radius 2 is 1.89 bits per heavy atom. The Hall–Kier alpha value is -1.95. The number of methoxy groups -OCH3 is 2. The third-order valence-electron chi connectivity index (χ3n) is 2.58. The van der Waals surface area contributed by atoms with E-state index in [0.717, 1.165) is 5.56 Å². The van der Waals surface area contributed by atoms with Gasteiger partial charge in [0, 0.05) is 6.54 Å². The van der Waals surface area contributed by atoms with Crippen LogP contribution in [0.25, 0.3) is 0 Å². The maximum atomic E-state index is 10.9. The SMILES string of the molecule is COc1cc(CNC(C)C(N)=O)cc(OC)c1O. The average molecular weight is 254 g/mol. The van der Waals surface area contributed by atoms with Gasteiger partial charge in [0.1, 0.15) is 0 Å². The van der Waals surface area contributed by atoms with Crippen molar-refractivity contribution in [1.29, 1.82) is 0 Å². The van der Waals surface area contributed by atoms with Crippen LogP contribution in [-0.2, 0) is 11.3 Å². The molecule has 1 aromatic rings. The molecule has 0 aliphatic carbocycles. The van der Waals surface area contributed by atoms with Crippen LogP contribution in [0.15, 0.2) is 12.1 Å². The van der Waals surface area contributed by atoms with Crippen molar-refractivity contribution in [2.24, 2.45) is 5.73 Å². The summed E-state index contributed by atoms with van der Waals surface area (Å²) < 4.78 is 10.1. The molecule has 0 aromatic heterocycles. The van der Waals surface area contributed by atoms with E-state index in [2.05, 4.69) is 5.32 Å². The Labute approximate surface area is 106 Å². The molecule has 0 radical (unpaired) electrons. The van der Waals surface area contributed by atoms with Crippen LogP contribution >= 0.6 is 0 Å². The van der Waals surface area contributed by atoms with E-state index in [4.69, 9.17) is 15.2 Å². The minimum atomic E-state index is -0.434. The first-order valence-electron chi connectivity index (χ1n) is 5.46. The van der Waals surface area contributed by atoms with Gasteiger partial charge in [0.25, 0.3) is 0 Å². The van der Waals surface area contributed by atoms with E-state index >= 15 is 0 Å². The molecule has 1 aromatic carbocycles. The monoisotopic (exact) mass is 254 g/mol. The Morgan fingerprint density at radius 3 is 2.28 bits per heavy atom. The molecule has 18 heavy (non-hydrogen) atoms. The number of aromatic hydroxyl groups is 1. The summed E-state index contributed by atoms with van der Waals surface area (Å²) in [6.07, 6.45) is 0. The number of phenols is 1. The first-order chi connectivity index (χ1) is 8.49. The Kier molecular flexibility index (Phi) is 4.79. The van der Waals surface area contributed by atoms with Gasteiger partial charge < -0.3 is 25.6 Å². The third kappa shape index (κ3) is 3.27. The molecule has 0 spiro atoms. The topological polar surface area (TPSA) is 93.8 Å². The Balaban J connectivity index is 2.86. The molecule has 1 atom stereocenters. The number of amides is 1. The van der Waals surface area contributed by atoms with Crippen LogP contribution in [0.2, 0.25) is 0 Å². The number of nitrogens with two attached hydrogens (primary N) is 1. The predicted octanol–water partition coefficient (Wildman–Crippen LogP) is 0.373. The number of benzene rings is 1. The summed E-state index contributed by atoms with van der Waals surface area (Å²) in [5.41, 5.74) is 5.96. The second-order valence-electron chi connectivity index (χ2n) is 3.85. The third-order valence-corrected chi connectivity index (χ3v) is 2.58. The van der Waals surface area contributed by atoms with E-state index in [1.807, 2.05) is 0 Å². The lowest BCUT2D eigenvalue weighted by atomic mass is 10.1. The minimum absolute atomic E-state index is 0.0494. The van der Waals surface area contributed by atoms with Gasteiger partial charge in [-0.2, -0.15) is 0 Å². The molecule has 4 N–H and O–H groups in total. The van der Waals surface area contributed by atoms with E-state index in [0.29, 0.717) is 18.0 Å². The zero-order valence-corrected chi connectivity index (χ0v) is 10.7. The summed E-state index contributed by atoms with van der Waals surface area (Å²) in [6.45, 7) is 2.09. The van der Waals surface area contributed by atoms with Crippen LogP contribution in [0.5, 0.6) is 17.2 Å². The minimum Gasteiger partial charge on any atom is -0.502 e. The van der Waals surface area contributed by atoms with E-state index in [1.54, 1.807) is 19.1 Å². The smallest absolute Gasteiger partial charge is 0.234 e. The molecule has 0 saturated carbocycles. The normalized spacial score (nSPS) is 11.9. The molecule has 6 heteroatoms. The van der Waals surface area contributed by atoms with E-state index in [-0.39, 0.29) is 5.75 Å². The van der Waals surface area contributed by atoms with Crippen LogP contribution in [0.4, 0.5) is 0 Å². The van der Waals surface area contributed by atoms with Gasteiger partial charge in [-0.25, -0.2) is 0 Å². The number of carbonyl (C=O) groups excluding carboxylic acids is 1. The zero-order chi connectivity index (χ0) is 13.7. The highest BCUT2D eigenvalue weighted by Crippen LogP contribution is 2.36. The molecule has 0 bridgehead atoms. The number of phenolic OH excluding ortho intramolecular Hbond substituents is 1. The number of nitrogens with one attached hydrogen (secondary N) is 1. The van der Waals surface area contributed by atoms with Crippen LogP contribution in [0, 0.1) is 0 Å².